The number of Topliss-reactive ketones (excluding diaryl/α,β-unsaturated/α-hetero) is 1. The van der Waals surface area contributed by atoms with Crippen molar-refractivity contribution < 1.29 is 29.3 Å². The summed E-state index contributed by atoms with van der Waals surface area (Å²) in [6.07, 6.45) is 0.598. The second-order valence-corrected chi connectivity index (χ2v) is 9.89. The van der Waals surface area contributed by atoms with E-state index in [2.05, 4.69) is 0 Å². The Kier molecular flexibility index (Phi) is 8.41. The van der Waals surface area contributed by atoms with E-state index in [-0.39, 0.29) is 23.4 Å². The quantitative estimate of drug-likeness (QED) is 0.142. The maximum absolute atomic E-state index is 13.8. The molecule has 39 heavy (non-hydrogen) atoms. The van der Waals surface area contributed by atoms with E-state index in [9.17, 15) is 24.8 Å². The Hall–Kier alpha value is -4.50. The van der Waals surface area contributed by atoms with Crippen molar-refractivity contribution >= 4 is 23.1 Å². The molecule has 9 nitrogen and oxygen atoms in total. The Bertz CT molecular complexity index is 1420. The van der Waals surface area contributed by atoms with Gasteiger partial charge in [-0.1, -0.05) is 54.3 Å². The van der Waals surface area contributed by atoms with Gasteiger partial charge in [0, 0.05) is 30.7 Å². The summed E-state index contributed by atoms with van der Waals surface area (Å²) in [4.78, 5) is 39.8. The third-order valence-corrected chi connectivity index (χ3v) is 6.68. The van der Waals surface area contributed by atoms with Crippen LogP contribution in [0.4, 0.5) is 5.69 Å². The van der Waals surface area contributed by atoms with Crippen molar-refractivity contribution in [2.45, 2.75) is 26.0 Å². The summed E-state index contributed by atoms with van der Waals surface area (Å²) < 4.78 is 5.91. The largest absolute Gasteiger partial charge is 0.872 e. The summed E-state index contributed by atoms with van der Waals surface area (Å²) in [5, 5.41) is 25.2. The molecule has 0 aromatic heterocycles. The highest BCUT2D eigenvalue weighted by Crippen LogP contribution is 2.40. The molecule has 9 heteroatoms. The van der Waals surface area contributed by atoms with Gasteiger partial charge in [0.1, 0.15) is 12.4 Å². The summed E-state index contributed by atoms with van der Waals surface area (Å²) in [6.45, 7) is 3.15. The van der Waals surface area contributed by atoms with Gasteiger partial charge in [-0.15, -0.1) is 0 Å². The highest BCUT2D eigenvalue weighted by Gasteiger charge is 2.44. The lowest BCUT2D eigenvalue weighted by atomic mass is 9.94. The van der Waals surface area contributed by atoms with Crippen LogP contribution in [0.2, 0.25) is 0 Å². The molecule has 0 spiro atoms. The maximum atomic E-state index is 13.8. The monoisotopic (exact) mass is 529 g/mol. The molecule has 3 aromatic carbocycles. The molecule has 0 radical (unpaired) electrons. The number of aryl methyl sites for hydroxylation is 1. The van der Waals surface area contributed by atoms with Gasteiger partial charge in [0.15, 0.2) is 0 Å². The number of carbonyl (C=O) groups is 2. The van der Waals surface area contributed by atoms with Crippen molar-refractivity contribution in [2.24, 2.45) is 0 Å². The van der Waals surface area contributed by atoms with Gasteiger partial charge >= 0.3 is 0 Å². The highest BCUT2D eigenvalue weighted by molar-refractivity contribution is 6.46. The molecule has 1 aliphatic heterocycles. The molecule has 202 valence electrons. The Morgan fingerprint density at radius 3 is 2.44 bits per heavy atom. The molecular weight excluding hydrogens is 498 g/mol. The molecule has 0 saturated carbocycles. The molecular formula is C30H31N3O6. The number of nitrogens with zero attached hydrogens (tertiary/aromatic N) is 2. The summed E-state index contributed by atoms with van der Waals surface area (Å²) >= 11 is 0. The molecule has 1 heterocycles. The van der Waals surface area contributed by atoms with Crippen molar-refractivity contribution in [1.82, 2.24) is 4.90 Å². The lowest BCUT2D eigenvalue weighted by Gasteiger charge is -2.27. The minimum Gasteiger partial charge on any atom is -0.872 e. The number of nitro groups is 1. The van der Waals surface area contributed by atoms with Gasteiger partial charge in [-0.3, -0.25) is 19.7 Å². The van der Waals surface area contributed by atoms with Crippen molar-refractivity contribution in [2.75, 3.05) is 27.2 Å². The summed E-state index contributed by atoms with van der Waals surface area (Å²) in [5.74, 6) is -1.64. The lowest BCUT2D eigenvalue weighted by Crippen LogP contribution is -3.05. The van der Waals surface area contributed by atoms with Gasteiger partial charge < -0.3 is 19.6 Å². The molecule has 1 saturated heterocycles. The number of ether oxygens (including phenoxy) is 1. The van der Waals surface area contributed by atoms with Crippen LogP contribution in [0.1, 0.15) is 34.7 Å². The average Bonchev–Trinajstić information content (AvgIpc) is 3.17. The second kappa shape index (κ2) is 11.9. The maximum Gasteiger partial charge on any atom is 0.295 e. The van der Waals surface area contributed by atoms with E-state index < -0.39 is 28.4 Å². The molecule has 0 bridgehead atoms. The number of nitrogens with one attached hydrogen (secondary N) is 1. The normalized spacial score (nSPS) is 16.6. The van der Waals surface area contributed by atoms with Gasteiger partial charge in [0.05, 0.1) is 31.6 Å². The molecule has 1 aliphatic rings. The third kappa shape index (κ3) is 6.15. The lowest BCUT2D eigenvalue weighted by molar-refractivity contribution is -0.858. The Balaban J connectivity index is 1.71. The van der Waals surface area contributed by atoms with Crippen LogP contribution in [0.15, 0.2) is 78.4 Å². The smallest absolute Gasteiger partial charge is 0.295 e. The predicted molar refractivity (Wildman–Crippen MR) is 144 cm³/mol. The van der Waals surface area contributed by atoms with Crippen LogP contribution in [0.25, 0.3) is 5.76 Å². The Labute approximate surface area is 227 Å². The highest BCUT2D eigenvalue weighted by atomic mass is 16.6. The van der Waals surface area contributed by atoms with E-state index in [4.69, 9.17) is 4.74 Å². The topological polar surface area (TPSA) is 117 Å². The fourth-order valence-corrected chi connectivity index (χ4v) is 4.70. The Morgan fingerprint density at radius 2 is 1.77 bits per heavy atom. The number of ketones is 1. The molecule has 3 aromatic rings. The van der Waals surface area contributed by atoms with Gasteiger partial charge in [-0.05, 0) is 41.3 Å². The number of nitro benzene ring substituents is 1. The second-order valence-electron chi connectivity index (χ2n) is 9.89. The molecule has 1 amide bonds. The van der Waals surface area contributed by atoms with E-state index in [1.54, 1.807) is 31.2 Å². The minimum absolute atomic E-state index is 0.181. The van der Waals surface area contributed by atoms with E-state index in [0.29, 0.717) is 29.9 Å². The first-order valence-corrected chi connectivity index (χ1v) is 12.7. The molecule has 0 aliphatic carbocycles. The van der Waals surface area contributed by atoms with Crippen LogP contribution in [-0.2, 0) is 16.2 Å². The first kappa shape index (κ1) is 27.5. The number of amides is 1. The van der Waals surface area contributed by atoms with Gasteiger partial charge in [0.2, 0.25) is 5.78 Å². The number of non-ortho nitro benzene ring substituents is 1. The van der Waals surface area contributed by atoms with Gasteiger partial charge in [-0.25, -0.2) is 0 Å². The van der Waals surface area contributed by atoms with E-state index in [1.165, 1.54) is 28.0 Å². The fraction of sp³-hybridized carbons (Fsp3) is 0.267. The number of benzene rings is 3. The van der Waals surface area contributed by atoms with Crippen LogP contribution in [0.3, 0.4) is 0 Å². The first-order valence-electron chi connectivity index (χ1n) is 12.7. The zero-order valence-electron chi connectivity index (χ0n) is 22.2. The summed E-state index contributed by atoms with van der Waals surface area (Å²) in [6, 6.07) is 19.3. The fourth-order valence-electron chi connectivity index (χ4n) is 4.70. The first-order chi connectivity index (χ1) is 18.7. The number of hydrogen-bond acceptors (Lipinski definition) is 6. The number of quaternary nitrogens is 1. The number of rotatable bonds is 10. The Morgan fingerprint density at radius 1 is 1.03 bits per heavy atom. The van der Waals surface area contributed by atoms with E-state index in [1.807, 2.05) is 44.4 Å². The van der Waals surface area contributed by atoms with Crippen molar-refractivity contribution in [3.8, 4) is 5.75 Å². The SMILES string of the molecule is Cc1cc(C([O-])=C2C(=O)C(=O)N(CCC[NH+](C)C)C2c2cccc([N+](=O)[O-])c2)ccc1OCc1ccccc1. The standard InChI is InChI=1S/C30H31N3O6/c1-20-17-23(13-14-25(20)39-19-21-9-5-4-6-10-21)28(34)26-27(22-11-7-12-24(18-22)33(37)38)32(30(36)29(26)35)16-8-15-31(2)3/h4-7,9-14,17-18,27,34H,8,15-16,19H2,1-3H3. The van der Waals surface area contributed by atoms with Crippen LogP contribution < -0.4 is 14.7 Å². The summed E-state index contributed by atoms with van der Waals surface area (Å²) in [5.41, 5.74) is 1.91. The van der Waals surface area contributed by atoms with Crippen LogP contribution in [0, 0.1) is 17.0 Å². The molecule has 1 atom stereocenters. The van der Waals surface area contributed by atoms with E-state index in [0.717, 1.165) is 12.1 Å². The van der Waals surface area contributed by atoms with Crippen molar-refractivity contribution in [1.29, 1.82) is 0 Å². The number of likely N-dealkylation sites (tertiary alicyclic amines) is 1. The zero-order valence-corrected chi connectivity index (χ0v) is 22.2. The van der Waals surface area contributed by atoms with Crippen LogP contribution in [0.5, 0.6) is 5.75 Å². The van der Waals surface area contributed by atoms with Gasteiger partial charge in [-0.2, -0.15) is 0 Å². The molecule has 1 fully saturated rings. The predicted octanol–water partition coefficient (Wildman–Crippen LogP) is 2.24. The minimum atomic E-state index is -1.01. The van der Waals surface area contributed by atoms with Crippen molar-refractivity contribution in [3.63, 3.8) is 0 Å². The van der Waals surface area contributed by atoms with Crippen LogP contribution in [-0.4, -0.2) is 48.7 Å². The zero-order chi connectivity index (χ0) is 28.1. The van der Waals surface area contributed by atoms with Gasteiger partial charge in [0.25, 0.3) is 11.6 Å². The average molecular weight is 530 g/mol. The summed E-state index contributed by atoms with van der Waals surface area (Å²) in [7, 11) is 3.96. The third-order valence-electron chi connectivity index (χ3n) is 6.68. The molecule has 1 unspecified atom stereocenters. The van der Waals surface area contributed by atoms with Crippen LogP contribution >= 0.6 is 0 Å². The molecule has 4 rings (SSSR count). The molecule has 1 N–H and O–H groups in total. The van der Waals surface area contributed by atoms with E-state index >= 15 is 0 Å². The number of carbonyl (C=O) groups excluding carboxylic acids is 2. The number of hydrogen-bond donors (Lipinski definition) is 1. The van der Waals surface area contributed by atoms with Crippen molar-refractivity contribution in [3.05, 3.63) is 111 Å².